The van der Waals surface area contributed by atoms with Crippen LogP contribution in [0.5, 0.6) is 0 Å². The molecule has 1 saturated heterocycles. The minimum atomic E-state index is -0.415. The average molecular weight is 451 g/mol. The number of likely N-dealkylation sites (N-methyl/N-ethyl adjacent to an activating group) is 1. The third-order valence-corrected chi connectivity index (χ3v) is 6.14. The maximum Gasteiger partial charge on any atom is 0.332 e. The number of hydrogen-bond donors (Lipinski definition) is 0. The van der Waals surface area contributed by atoms with Crippen LogP contribution >= 0.6 is 0 Å². The summed E-state index contributed by atoms with van der Waals surface area (Å²) in [4.78, 5) is 34.7. The molecule has 33 heavy (non-hydrogen) atoms. The summed E-state index contributed by atoms with van der Waals surface area (Å²) in [6.07, 6.45) is 0. The Kier molecular flexibility index (Phi) is 5.12. The highest BCUT2D eigenvalue weighted by Gasteiger charge is 2.26. The number of hydrogen-bond acceptors (Lipinski definition) is 8. The zero-order valence-corrected chi connectivity index (χ0v) is 19.1. The molecule has 1 fully saturated rings. The Balaban J connectivity index is 1.63. The van der Waals surface area contributed by atoms with Crippen LogP contribution in [-0.4, -0.2) is 67.0 Å². The van der Waals surface area contributed by atoms with E-state index in [1.54, 1.807) is 11.6 Å². The molecule has 5 rings (SSSR count). The quantitative estimate of drug-likeness (QED) is 0.445. The molecule has 0 spiro atoms. The van der Waals surface area contributed by atoms with Gasteiger partial charge in [0.25, 0.3) is 5.56 Å². The Bertz CT molecular complexity index is 1450. The zero-order chi connectivity index (χ0) is 23.3. The van der Waals surface area contributed by atoms with Gasteiger partial charge in [0.2, 0.25) is 17.7 Å². The molecule has 172 valence electrons. The van der Waals surface area contributed by atoms with Crippen molar-refractivity contribution in [1.82, 2.24) is 33.8 Å². The van der Waals surface area contributed by atoms with Crippen molar-refractivity contribution in [2.24, 2.45) is 14.1 Å². The molecule has 1 aliphatic rings. The first-order valence-corrected chi connectivity index (χ1v) is 10.8. The summed E-state index contributed by atoms with van der Waals surface area (Å²) >= 11 is 0. The molecule has 4 aromatic rings. The van der Waals surface area contributed by atoms with Gasteiger partial charge in [0.1, 0.15) is 6.54 Å². The van der Waals surface area contributed by atoms with Crippen LogP contribution in [0.25, 0.3) is 22.6 Å². The molecule has 3 aromatic heterocycles. The van der Waals surface area contributed by atoms with Crippen LogP contribution < -0.4 is 16.1 Å². The van der Waals surface area contributed by atoms with Crippen LogP contribution in [0.2, 0.25) is 0 Å². The van der Waals surface area contributed by atoms with Gasteiger partial charge in [-0.1, -0.05) is 17.7 Å². The number of piperazine rings is 1. The second kappa shape index (κ2) is 8.00. The van der Waals surface area contributed by atoms with Gasteiger partial charge < -0.3 is 14.2 Å². The summed E-state index contributed by atoms with van der Waals surface area (Å²) in [7, 11) is 5.17. The highest BCUT2D eigenvalue weighted by molar-refractivity contribution is 5.74. The largest absolute Gasteiger partial charge is 0.419 e. The van der Waals surface area contributed by atoms with Gasteiger partial charge in [-0.15, -0.1) is 10.2 Å². The van der Waals surface area contributed by atoms with Crippen molar-refractivity contribution in [3.8, 4) is 11.5 Å². The van der Waals surface area contributed by atoms with Gasteiger partial charge in [0.15, 0.2) is 11.2 Å². The van der Waals surface area contributed by atoms with Gasteiger partial charge in [-0.25, -0.2) is 4.79 Å². The lowest BCUT2D eigenvalue weighted by Gasteiger charge is -2.33. The van der Waals surface area contributed by atoms with Crippen LogP contribution in [0.1, 0.15) is 11.5 Å². The van der Waals surface area contributed by atoms with Crippen molar-refractivity contribution < 1.29 is 4.42 Å². The predicted octanol–water partition coefficient (Wildman–Crippen LogP) is 0.592. The number of aromatic nitrogens is 6. The summed E-state index contributed by atoms with van der Waals surface area (Å²) in [6.45, 7) is 5.43. The molecule has 1 aromatic carbocycles. The van der Waals surface area contributed by atoms with Crippen molar-refractivity contribution in [2.75, 3.05) is 38.1 Å². The van der Waals surface area contributed by atoms with E-state index in [2.05, 4.69) is 27.0 Å². The molecule has 0 saturated carbocycles. The second-order valence-electron chi connectivity index (χ2n) is 8.54. The maximum atomic E-state index is 13.1. The Labute approximate surface area is 189 Å². The minimum absolute atomic E-state index is 0.171. The van der Waals surface area contributed by atoms with Gasteiger partial charge >= 0.3 is 5.69 Å². The highest BCUT2D eigenvalue weighted by atomic mass is 16.4. The first kappa shape index (κ1) is 21.1. The Morgan fingerprint density at radius 1 is 1.00 bits per heavy atom. The Morgan fingerprint density at radius 3 is 2.48 bits per heavy atom. The Hall–Kier alpha value is -3.73. The minimum Gasteiger partial charge on any atom is -0.419 e. The van der Waals surface area contributed by atoms with Crippen LogP contribution in [0, 0.1) is 6.92 Å². The van der Waals surface area contributed by atoms with Crippen molar-refractivity contribution in [3.05, 3.63) is 56.6 Å². The van der Waals surface area contributed by atoms with E-state index in [0.29, 0.717) is 28.9 Å². The number of imidazole rings is 1. The van der Waals surface area contributed by atoms with Gasteiger partial charge in [-0.2, -0.15) is 4.98 Å². The van der Waals surface area contributed by atoms with E-state index in [-0.39, 0.29) is 6.54 Å². The maximum absolute atomic E-state index is 13.1. The number of nitrogens with zero attached hydrogens (tertiary/aromatic N) is 8. The number of aryl methyl sites for hydroxylation is 2. The molecular weight excluding hydrogens is 424 g/mol. The first-order chi connectivity index (χ1) is 15.8. The van der Waals surface area contributed by atoms with Gasteiger partial charge in [0.05, 0.1) is 0 Å². The molecule has 11 nitrogen and oxygen atoms in total. The Morgan fingerprint density at radius 2 is 1.76 bits per heavy atom. The number of fused-ring (bicyclic) bond motifs is 1. The van der Waals surface area contributed by atoms with Gasteiger partial charge in [0, 0.05) is 45.8 Å². The van der Waals surface area contributed by atoms with Crippen LogP contribution in [0.15, 0.2) is 38.3 Å². The van der Waals surface area contributed by atoms with Crippen LogP contribution in [0.3, 0.4) is 0 Å². The molecule has 0 unspecified atom stereocenters. The average Bonchev–Trinajstić information content (AvgIpc) is 3.42. The lowest BCUT2D eigenvalue weighted by atomic mass is 10.1. The molecule has 0 bridgehead atoms. The monoisotopic (exact) mass is 450 g/mol. The van der Waals surface area contributed by atoms with E-state index < -0.39 is 11.2 Å². The summed E-state index contributed by atoms with van der Waals surface area (Å²) in [5.41, 5.74) is 1.79. The fraction of sp³-hybridized carbons (Fsp3) is 0.409. The lowest BCUT2D eigenvalue weighted by molar-refractivity contribution is 0.310. The van der Waals surface area contributed by atoms with E-state index >= 15 is 0 Å². The van der Waals surface area contributed by atoms with E-state index in [9.17, 15) is 9.59 Å². The lowest BCUT2D eigenvalue weighted by Crippen LogP contribution is -2.45. The van der Waals surface area contributed by atoms with Crippen LogP contribution in [0.4, 0.5) is 5.95 Å². The van der Waals surface area contributed by atoms with Gasteiger partial charge in [-0.3, -0.25) is 18.5 Å². The predicted molar refractivity (Wildman–Crippen MR) is 123 cm³/mol. The molecule has 11 heteroatoms. The summed E-state index contributed by atoms with van der Waals surface area (Å²) < 4.78 is 10.2. The summed E-state index contributed by atoms with van der Waals surface area (Å²) in [6, 6.07) is 7.83. The topological polar surface area (TPSA) is 107 Å². The third kappa shape index (κ3) is 3.63. The summed E-state index contributed by atoms with van der Waals surface area (Å²) in [5, 5.41) is 8.43. The van der Waals surface area contributed by atoms with Crippen molar-refractivity contribution in [1.29, 1.82) is 0 Å². The van der Waals surface area contributed by atoms with Crippen LogP contribution in [-0.2, 0) is 20.6 Å². The zero-order valence-electron chi connectivity index (χ0n) is 19.1. The molecule has 0 atom stereocenters. The summed E-state index contributed by atoms with van der Waals surface area (Å²) in [5.74, 6) is 1.39. The molecule has 0 aliphatic carbocycles. The van der Waals surface area contributed by atoms with Crippen molar-refractivity contribution in [2.45, 2.75) is 13.5 Å². The van der Waals surface area contributed by atoms with Crippen molar-refractivity contribution in [3.63, 3.8) is 0 Å². The fourth-order valence-corrected chi connectivity index (χ4v) is 4.18. The standard InChI is InChI=1S/C22H26N8O3/c1-14-6-5-7-15(12-14)19-25-24-16(33-19)13-30-17-18(27(3)22(32)28(4)20(17)31)23-21(30)29-10-8-26(2)9-11-29/h5-7,12H,8-11,13H2,1-4H3. The molecule has 4 heterocycles. The van der Waals surface area contributed by atoms with E-state index in [0.717, 1.165) is 41.9 Å². The second-order valence-corrected chi connectivity index (χ2v) is 8.54. The highest BCUT2D eigenvalue weighted by Crippen LogP contribution is 2.24. The van der Waals surface area contributed by atoms with Gasteiger partial charge in [-0.05, 0) is 26.1 Å². The SMILES string of the molecule is Cc1cccc(-c2nnc(Cn3c(N4CCN(C)CC4)nc4c3c(=O)n(C)c(=O)n4C)o2)c1. The van der Waals surface area contributed by atoms with E-state index in [4.69, 9.17) is 9.40 Å². The van der Waals surface area contributed by atoms with E-state index in [1.807, 2.05) is 31.2 Å². The number of anilines is 1. The first-order valence-electron chi connectivity index (χ1n) is 10.8. The molecule has 0 N–H and O–H groups in total. The number of rotatable bonds is 4. The number of benzene rings is 1. The van der Waals surface area contributed by atoms with E-state index in [1.165, 1.54) is 11.6 Å². The molecule has 1 aliphatic heterocycles. The molecular formula is C22H26N8O3. The third-order valence-electron chi connectivity index (χ3n) is 6.14. The smallest absolute Gasteiger partial charge is 0.332 e. The fourth-order valence-electron chi connectivity index (χ4n) is 4.18. The molecule has 0 radical (unpaired) electrons. The van der Waals surface area contributed by atoms with Crippen molar-refractivity contribution >= 4 is 17.1 Å². The normalized spacial score (nSPS) is 15.0. The molecule has 0 amide bonds.